The molecule has 1 unspecified atom stereocenters. The lowest BCUT2D eigenvalue weighted by atomic mass is 10.1. The minimum absolute atomic E-state index is 0.257. The molecule has 0 amide bonds. The van der Waals surface area contributed by atoms with Gasteiger partial charge in [0.1, 0.15) is 12.2 Å². The summed E-state index contributed by atoms with van der Waals surface area (Å²) in [5, 5.41) is 7.54. The third-order valence-corrected chi connectivity index (χ3v) is 6.11. The fourth-order valence-electron chi connectivity index (χ4n) is 1.77. The zero-order valence-electron chi connectivity index (χ0n) is 10.2. The second-order valence-electron chi connectivity index (χ2n) is 3.81. The highest BCUT2D eigenvalue weighted by atomic mass is 79.9. The number of nitrogens with one attached hydrogen (secondary N) is 1. The predicted octanol–water partition coefficient (Wildman–Crippen LogP) is 3.39. The van der Waals surface area contributed by atoms with Crippen molar-refractivity contribution in [1.82, 2.24) is 20.1 Å². The van der Waals surface area contributed by atoms with E-state index in [9.17, 15) is 0 Å². The molecule has 0 aliphatic carbocycles. The molecular formula is C11H14Br2N4S. The van der Waals surface area contributed by atoms with E-state index in [-0.39, 0.29) is 6.04 Å². The maximum Gasteiger partial charge on any atom is 0.138 e. The molecule has 2 aromatic rings. The van der Waals surface area contributed by atoms with Crippen LogP contribution in [-0.2, 0) is 13.0 Å². The van der Waals surface area contributed by atoms with Gasteiger partial charge in [0.15, 0.2) is 0 Å². The summed E-state index contributed by atoms with van der Waals surface area (Å²) >= 11 is 8.78. The van der Waals surface area contributed by atoms with Crippen molar-refractivity contribution in [2.24, 2.45) is 0 Å². The van der Waals surface area contributed by atoms with Crippen molar-refractivity contribution in [2.45, 2.75) is 25.9 Å². The summed E-state index contributed by atoms with van der Waals surface area (Å²) in [5.74, 6) is 1.01. The zero-order valence-corrected chi connectivity index (χ0v) is 14.1. The first-order valence-electron chi connectivity index (χ1n) is 5.64. The highest BCUT2D eigenvalue weighted by molar-refractivity contribution is 9.13. The summed E-state index contributed by atoms with van der Waals surface area (Å²) in [5.41, 5.74) is 0. The molecule has 0 fully saturated rings. The van der Waals surface area contributed by atoms with Crippen LogP contribution in [0.4, 0.5) is 0 Å². The van der Waals surface area contributed by atoms with E-state index in [1.54, 1.807) is 17.7 Å². The molecule has 18 heavy (non-hydrogen) atoms. The molecular weight excluding hydrogens is 380 g/mol. The minimum Gasteiger partial charge on any atom is -0.312 e. The maximum atomic E-state index is 4.32. The third kappa shape index (κ3) is 3.01. The first-order chi connectivity index (χ1) is 8.65. The topological polar surface area (TPSA) is 42.7 Å². The molecule has 1 atom stereocenters. The van der Waals surface area contributed by atoms with Crippen molar-refractivity contribution in [3.05, 3.63) is 31.4 Å². The Labute approximate surface area is 127 Å². The molecule has 98 valence electrons. The van der Waals surface area contributed by atoms with Crippen molar-refractivity contribution in [1.29, 1.82) is 0 Å². The standard InChI is InChI=1S/C11H14Br2N4S/c1-3-17-10(15-6-16-17)5-8(14-2)9-4-7(12)11(13)18-9/h4,6,8,14H,3,5H2,1-2H3. The van der Waals surface area contributed by atoms with Gasteiger partial charge in [-0.15, -0.1) is 11.3 Å². The van der Waals surface area contributed by atoms with Crippen LogP contribution in [0.2, 0.25) is 0 Å². The highest BCUT2D eigenvalue weighted by Gasteiger charge is 2.17. The van der Waals surface area contributed by atoms with Crippen LogP contribution >= 0.6 is 43.2 Å². The third-order valence-electron chi connectivity index (χ3n) is 2.74. The largest absolute Gasteiger partial charge is 0.312 e. The molecule has 4 nitrogen and oxygen atoms in total. The fourth-order valence-corrected chi connectivity index (χ4v) is 3.97. The van der Waals surface area contributed by atoms with E-state index in [0.29, 0.717) is 0 Å². The molecule has 0 saturated heterocycles. The first-order valence-corrected chi connectivity index (χ1v) is 8.04. The molecule has 0 bridgehead atoms. The Morgan fingerprint density at radius 2 is 2.28 bits per heavy atom. The second kappa shape index (κ2) is 6.27. The monoisotopic (exact) mass is 392 g/mol. The van der Waals surface area contributed by atoms with Gasteiger partial charge in [0, 0.05) is 28.4 Å². The summed E-state index contributed by atoms with van der Waals surface area (Å²) in [6.07, 6.45) is 2.45. The van der Waals surface area contributed by atoms with Crippen LogP contribution in [0.5, 0.6) is 0 Å². The smallest absolute Gasteiger partial charge is 0.138 e. The van der Waals surface area contributed by atoms with Crippen LogP contribution < -0.4 is 5.32 Å². The van der Waals surface area contributed by atoms with Crippen LogP contribution in [0.25, 0.3) is 0 Å². The van der Waals surface area contributed by atoms with Gasteiger partial charge >= 0.3 is 0 Å². The molecule has 0 saturated carbocycles. The van der Waals surface area contributed by atoms with Crippen LogP contribution in [0.1, 0.15) is 23.7 Å². The molecule has 0 radical (unpaired) electrons. The summed E-state index contributed by atoms with van der Waals surface area (Å²) in [7, 11) is 1.97. The van der Waals surface area contributed by atoms with Crippen LogP contribution in [0.3, 0.4) is 0 Å². The number of aryl methyl sites for hydroxylation is 1. The van der Waals surface area contributed by atoms with Gasteiger partial charge in [-0.1, -0.05) is 0 Å². The van der Waals surface area contributed by atoms with Crippen LogP contribution in [0, 0.1) is 0 Å². The van der Waals surface area contributed by atoms with Crippen molar-refractivity contribution >= 4 is 43.2 Å². The maximum absolute atomic E-state index is 4.32. The fraction of sp³-hybridized carbons (Fsp3) is 0.455. The summed E-state index contributed by atoms with van der Waals surface area (Å²) in [4.78, 5) is 5.60. The van der Waals surface area contributed by atoms with E-state index in [0.717, 1.165) is 27.0 Å². The lowest BCUT2D eigenvalue weighted by Crippen LogP contribution is -2.20. The number of thiophene rings is 1. The van der Waals surface area contributed by atoms with Gasteiger partial charge in [-0.05, 0) is 51.9 Å². The van der Waals surface area contributed by atoms with Gasteiger partial charge < -0.3 is 5.32 Å². The molecule has 0 aromatic carbocycles. The average Bonchev–Trinajstić information content (AvgIpc) is 2.93. The Balaban J connectivity index is 2.19. The van der Waals surface area contributed by atoms with Crippen LogP contribution in [-0.4, -0.2) is 21.8 Å². The summed E-state index contributed by atoms with van der Waals surface area (Å²) < 4.78 is 4.15. The zero-order chi connectivity index (χ0) is 13.1. The van der Waals surface area contributed by atoms with Crippen molar-refractivity contribution < 1.29 is 0 Å². The molecule has 2 rings (SSSR count). The molecule has 0 aliphatic rings. The number of halogens is 2. The Morgan fingerprint density at radius 3 is 2.83 bits per heavy atom. The number of nitrogens with zero attached hydrogens (tertiary/aromatic N) is 3. The molecule has 0 spiro atoms. The molecule has 2 heterocycles. The van der Waals surface area contributed by atoms with E-state index >= 15 is 0 Å². The molecule has 7 heteroatoms. The number of likely N-dealkylation sites (N-methyl/N-ethyl adjacent to an activating group) is 1. The van der Waals surface area contributed by atoms with E-state index in [4.69, 9.17) is 0 Å². The SMILES string of the molecule is CCn1ncnc1CC(NC)c1cc(Br)c(Br)s1. The molecule has 1 N–H and O–H groups in total. The number of hydrogen-bond donors (Lipinski definition) is 1. The Hall–Kier alpha value is -0.240. The Morgan fingerprint density at radius 1 is 1.50 bits per heavy atom. The second-order valence-corrected chi connectivity index (χ2v) is 7.06. The number of hydrogen-bond acceptors (Lipinski definition) is 4. The summed E-state index contributed by atoms with van der Waals surface area (Å²) in [6, 6.07) is 2.40. The molecule has 0 aliphatic heterocycles. The van der Waals surface area contributed by atoms with Crippen molar-refractivity contribution in [2.75, 3.05) is 7.05 Å². The van der Waals surface area contributed by atoms with Gasteiger partial charge in [-0.25, -0.2) is 4.98 Å². The van der Waals surface area contributed by atoms with Crippen molar-refractivity contribution in [3.63, 3.8) is 0 Å². The van der Waals surface area contributed by atoms with Crippen LogP contribution in [0.15, 0.2) is 20.7 Å². The van der Waals surface area contributed by atoms with E-state index < -0.39 is 0 Å². The average molecular weight is 394 g/mol. The van der Waals surface area contributed by atoms with Gasteiger partial charge in [0.25, 0.3) is 0 Å². The predicted molar refractivity (Wildman–Crippen MR) is 80.9 cm³/mol. The van der Waals surface area contributed by atoms with E-state index in [1.807, 2.05) is 11.7 Å². The van der Waals surface area contributed by atoms with E-state index in [2.05, 4.69) is 60.2 Å². The van der Waals surface area contributed by atoms with Gasteiger partial charge in [0.2, 0.25) is 0 Å². The Kier molecular flexibility index (Phi) is 4.94. The number of aromatic nitrogens is 3. The van der Waals surface area contributed by atoms with Gasteiger partial charge in [0.05, 0.1) is 3.79 Å². The van der Waals surface area contributed by atoms with Gasteiger partial charge in [-0.2, -0.15) is 5.10 Å². The Bertz CT molecular complexity index is 503. The normalized spacial score (nSPS) is 12.9. The quantitative estimate of drug-likeness (QED) is 0.846. The number of rotatable bonds is 5. The lowest BCUT2D eigenvalue weighted by molar-refractivity contribution is 0.539. The van der Waals surface area contributed by atoms with Crippen molar-refractivity contribution in [3.8, 4) is 0 Å². The highest BCUT2D eigenvalue weighted by Crippen LogP contribution is 2.36. The minimum atomic E-state index is 0.257. The molecule has 2 aromatic heterocycles. The first kappa shape index (κ1) is 14.2. The van der Waals surface area contributed by atoms with E-state index in [1.165, 1.54) is 4.88 Å². The van der Waals surface area contributed by atoms with Gasteiger partial charge in [-0.3, -0.25) is 4.68 Å². The lowest BCUT2D eigenvalue weighted by Gasteiger charge is -2.14. The summed E-state index contributed by atoms with van der Waals surface area (Å²) in [6.45, 7) is 2.93.